The first-order valence-corrected chi connectivity index (χ1v) is 9.13. The van der Waals surface area contributed by atoms with Crippen molar-refractivity contribution in [1.29, 1.82) is 5.26 Å². The Bertz CT molecular complexity index is 898. The molecule has 0 aliphatic heterocycles. The fourth-order valence-electron chi connectivity index (χ4n) is 3.86. The molecule has 3 unspecified atom stereocenters. The van der Waals surface area contributed by atoms with Gasteiger partial charge in [-0.2, -0.15) is 18.4 Å². The molecule has 0 fully saturated rings. The Kier molecular flexibility index (Phi) is 5.64. The van der Waals surface area contributed by atoms with Gasteiger partial charge >= 0.3 is 6.18 Å². The molecule has 0 spiro atoms. The van der Waals surface area contributed by atoms with Crippen molar-refractivity contribution >= 4 is 0 Å². The minimum atomic E-state index is -4.52. The number of nitriles is 1. The molecule has 1 heterocycles. The fourth-order valence-corrected chi connectivity index (χ4v) is 3.86. The molecular formula is C22H20F3N3. The highest BCUT2D eigenvalue weighted by Crippen LogP contribution is 2.48. The van der Waals surface area contributed by atoms with Crippen LogP contribution in [0.5, 0.6) is 0 Å². The van der Waals surface area contributed by atoms with Crippen LogP contribution in [0, 0.1) is 17.2 Å². The average Bonchev–Trinajstić information content (AvgIpc) is 2.72. The molecule has 0 saturated carbocycles. The second kappa shape index (κ2) is 7.97. The van der Waals surface area contributed by atoms with Gasteiger partial charge in [0.05, 0.1) is 17.3 Å². The molecule has 6 heteroatoms. The molecule has 0 radical (unpaired) electrons. The molecule has 0 amide bonds. The van der Waals surface area contributed by atoms with Crippen LogP contribution < -0.4 is 0 Å². The summed E-state index contributed by atoms with van der Waals surface area (Å²) in [4.78, 5) is 8.50. The van der Waals surface area contributed by atoms with Gasteiger partial charge in [0.1, 0.15) is 5.41 Å². The highest BCUT2D eigenvalue weighted by molar-refractivity contribution is 5.49. The summed E-state index contributed by atoms with van der Waals surface area (Å²) in [6.07, 6.45) is 5.40. The van der Waals surface area contributed by atoms with Gasteiger partial charge in [0.15, 0.2) is 0 Å². The van der Waals surface area contributed by atoms with Gasteiger partial charge in [0, 0.05) is 30.4 Å². The molecule has 0 bridgehead atoms. The first kappa shape index (κ1) is 19.8. The molecule has 1 aliphatic rings. The lowest BCUT2D eigenvalue weighted by Gasteiger charge is -2.39. The second-order valence-corrected chi connectivity index (χ2v) is 6.85. The predicted octanol–water partition coefficient (Wildman–Crippen LogP) is 5.50. The first-order valence-electron chi connectivity index (χ1n) is 9.13. The van der Waals surface area contributed by atoms with Gasteiger partial charge in [-0.25, -0.2) is 0 Å². The smallest absolute Gasteiger partial charge is 0.261 e. The number of hydrogen-bond donors (Lipinski definition) is 0. The molecular weight excluding hydrogens is 363 g/mol. The van der Waals surface area contributed by atoms with Crippen molar-refractivity contribution in [2.24, 2.45) is 5.92 Å². The standard InChI is InChI=1S/C22H20F3N3/c1-2-6-18(20-14-27-11-12-28-20)19-10-9-17(22(23,24)25)13-21(19,15-26)16-7-4-3-5-8-16/h3-5,7-14,18-19H,2,6H2,1H3. The van der Waals surface area contributed by atoms with Crippen molar-refractivity contribution < 1.29 is 13.2 Å². The molecule has 0 N–H and O–H groups in total. The monoisotopic (exact) mass is 383 g/mol. The van der Waals surface area contributed by atoms with Crippen LogP contribution in [0.25, 0.3) is 0 Å². The molecule has 3 rings (SSSR count). The fraction of sp³-hybridized carbons (Fsp3) is 0.318. The number of aromatic nitrogens is 2. The van der Waals surface area contributed by atoms with Crippen molar-refractivity contribution in [2.75, 3.05) is 0 Å². The normalized spacial score (nSPS) is 23.0. The molecule has 144 valence electrons. The van der Waals surface area contributed by atoms with Crippen LogP contribution in [-0.2, 0) is 5.41 Å². The Hall–Kier alpha value is -2.94. The highest BCUT2D eigenvalue weighted by Gasteiger charge is 2.47. The summed E-state index contributed by atoms with van der Waals surface area (Å²) in [5.74, 6) is -0.733. The summed E-state index contributed by atoms with van der Waals surface area (Å²) in [5.41, 5.74) is -1.03. The second-order valence-electron chi connectivity index (χ2n) is 6.85. The molecule has 1 aliphatic carbocycles. The van der Waals surface area contributed by atoms with Gasteiger partial charge in [0.2, 0.25) is 0 Å². The summed E-state index contributed by atoms with van der Waals surface area (Å²) in [6, 6.07) is 10.9. The molecule has 3 atom stereocenters. The van der Waals surface area contributed by atoms with E-state index in [0.29, 0.717) is 17.7 Å². The zero-order chi connectivity index (χ0) is 20.2. The van der Waals surface area contributed by atoms with E-state index < -0.39 is 23.1 Å². The number of allylic oxidation sites excluding steroid dienone is 4. The number of benzene rings is 1. The van der Waals surface area contributed by atoms with E-state index in [1.807, 2.05) is 6.92 Å². The third kappa shape index (κ3) is 3.70. The van der Waals surface area contributed by atoms with E-state index in [2.05, 4.69) is 16.0 Å². The van der Waals surface area contributed by atoms with Crippen LogP contribution in [-0.4, -0.2) is 16.1 Å². The summed E-state index contributed by atoms with van der Waals surface area (Å²) in [6.45, 7) is 2.00. The Balaban J connectivity index is 2.20. The van der Waals surface area contributed by atoms with Gasteiger partial charge in [-0.1, -0.05) is 55.8 Å². The predicted molar refractivity (Wildman–Crippen MR) is 100 cm³/mol. The van der Waals surface area contributed by atoms with E-state index in [1.165, 1.54) is 6.08 Å². The highest BCUT2D eigenvalue weighted by atomic mass is 19.4. The van der Waals surface area contributed by atoms with Crippen LogP contribution in [0.4, 0.5) is 13.2 Å². The van der Waals surface area contributed by atoms with E-state index >= 15 is 0 Å². The minimum absolute atomic E-state index is 0.235. The molecule has 28 heavy (non-hydrogen) atoms. The lowest BCUT2D eigenvalue weighted by molar-refractivity contribution is -0.0891. The summed E-state index contributed by atoms with van der Waals surface area (Å²) >= 11 is 0. The van der Waals surface area contributed by atoms with E-state index in [9.17, 15) is 18.4 Å². The topological polar surface area (TPSA) is 49.6 Å². The first-order chi connectivity index (χ1) is 13.4. The van der Waals surface area contributed by atoms with Crippen LogP contribution in [0.2, 0.25) is 0 Å². The lowest BCUT2D eigenvalue weighted by atomic mass is 9.62. The zero-order valence-electron chi connectivity index (χ0n) is 15.4. The number of rotatable bonds is 5. The van der Waals surface area contributed by atoms with Crippen molar-refractivity contribution in [1.82, 2.24) is 9.97 Å². The maximum atomic E-state index is 13.5. The Labute approximate surface area is 162 Å². The Morgan fingerprint density at radius 2 is 1.96 bits per heavy atom. The third-order valence-electron chi connectivity index (χ3n) is 5.15. The third-order valence-corrected chi connectivity index (χ3v) is 5.15. The quantitative estimate of drug-likeness (QED) is 0.685. The molecule has 0 saturated heterocycles. The van der Waals surface area contributed by atoms with Crippen LogP contribution in [0.3, 0.4) is 0 Å². The van der Waals surface area contributed by atoms with E-state index in [4.69, 9.17) is 0 Å². The van der Waals surface area contributed by atoms with Gasteiger partial charge in [-0.15, -0.1) is 0 Å². The molecule has 3 nitrogen and oxygen atoms in total. The van der Waals surface area contributed by atoms with Gasteiger partial charge in [-0.05, 0) is 18.1 Å². The Morgan fingerprint density at radius 1 is 1.21 bits per heavy atom. The summed E-state index contributed by atoms with van der Waals surface area (Å²) < 4.78 is 40.5. The molecule has 2 aromatic rings. The average molecular weight is 383 g/mol. The molecule has 1 aromatic heterocycles. The Morgan fingerprint density at radius 3 is 2.54 bits per heavy atom. The maximum Gasteiger partial charge on any atom is 0.416 e. The number of alkyl halides is 3. The van der Waals surface area contributed by atoms with Crippen LogP contribution in [0.15, 0.2) is 72.7 Å². The van der Waals surface area contributed by atoms with Gasteiger partial charge in [0.25, 0.3) is 0 Å². The molecule has 1 aromatic carbocycles. The van der Waals surface area contributed by atoms with Crippen molar-refractivity contribution in [3.63, 3.8) is 0 Å². The van der Waals surface area contributed by atoms with E-state index in [0.717, 1.165) is 18.6 Å². The van der Waals surface area contributed by atoms with Crippen LogP contribution >= 0.6 is 0 Å². The number of hydrogen-bond acceptors (Lipinski definition) is 3. The number of nitrogens with zero attached hydrogens (tertiary/aromatic N) is 3. The van der Waals surface area contributed by atoms with Crippen LogP contribution in [0.1, 0.15) is 36.9 Å². The zero-order valence-corrected chi connectivity index (χ0v) is 15.4. The van der Waals surface area contributed by atoms with Crippen molar-refractivity contribution in [3.8, 4) is 6.07 Å². The maximum absolute atomic E-state index is 13.5. The largest absolute Gasteiger partial charge is 0.416 e. The van der Waals surface area contributed by atoms with E-state index in [1.54, 1.807) is 48.9 Å². The summed E-state index contributed by atoms with van der Waals surface area (Å²) in [7, 11) is 0. The number of halogens is 3. The SMILES string of the molecule is CCCC(c1cnccn1)C1C=CC(C(F)(F)F)=CC1(C#N)c1ccccc1. The van der Waals surface area contributed by atoms with Crippen molar-refractivity contribution in [3.05, 3.63) is 84.0 Å². The van der Waals surface area contributed by atoms with Crippen molar-refractivity contribution in [2.45, 2.75) is 37.3 Å². The van der Waals surface area contributed by atoms with Gasteiger partial charge in [-0.3, -0.25) is 9.97 Å². The van der Waals surface area contributed by atoms with Gasteiger partial charge < -0.3 is 0 Å². The minimum Gasteiger partial charge on any atom is -0.261 e. The summed E-state index contributed by atoms with van der Waals surface area (Å²) in [5, 5.41) is 10.2. The van der Waals surface area contributed by atoms with E-state index in [-0.39, 0.29) is 5.92 Å². The lowest BCUT2D eigenvalue weighted by Crippen LogP contribution is -2.38.